The number of carbonyl (C=O) groups excluding carboxylic acids is 1. The molecule has 4 heteroatoms. The first-order valence-corrected chi connectivity index (χ1v) is 8.58. The minimum Gasteiger partial charge on any atom is -0.356 e. The van der Waals surface area contributed by atoms with E-state index in [-0.39, 0.29) is 5.91 Å². The number of rotatable bonds is 5. The zero-order valence-electron chi connectivity index (χ0n) is 13.7. The first-order chi connectivity index (χ1) is 11.2. The summed E-state index contributed by atoms with van der Waals surface area (Å²) >= 11 is 0. The van der Waals surface area contributed by atoms with Crippen molar-refractivity contribution < 1.29 is 4.79 Å². The second-order valence-corrected chi connectivity index (χ2v) is 6.63. The highest BCUT2D eigenvalue weighted by Crippen LogP contribution is 2.28. The Kier molecular flexibility index (Phi) is 5.11. The lowest BCUT2D eigenvalue weighted by molar-refractivity contribution is -0.120. The third-order valence-electron chi connectivity index (χ3n) is 4.87. The van der Waals surface area contributed by atoms with Gasteiger partial charge in [-0.25, -0.2) is 4.68 Å². The maximum absolute atomic E-state index is 12.2. The normalized spacial score (nSPS) is 21.1. The molecule has 2 unspecified atom stereocenters. The summed E-state index contributed by atoms with van der Waals surface area (Å²) in [6.45, 7) is 3.12. The summed E-state index contributed by atoms with van der Waals surface area (Å²) in [6.07, 6.45) is 9.28. The second-order valence-electron chi connectivity index (χ2n) is 6.63. The Morgan fingerprint density at radius 1 is 1.26 bits per heavy atom. The zero-order chi connectivity index (χ0) is 16.1. The van der Waals surface area contributed by atoms with Crippen LogP contribution in [0.15, 0.2) is 42.7 Å². The van der Waals surface area contributed by atoms with E-state index in [1.807, 2.05) is 41.2 Å². The number of nitrogens with one attached hydrogen (secondary N) is 1. The SMILES string of the molecule is CC1CCCCC1CNC(=O)Cc1cnn(-c2ccccc2)c1. The summed E-state index contributed by atoms with van der Waals surface area (Å²) in [7, 11) is 0. The molecule has 0 aliphatic heterocycles. The summed E-state index contributed by atoms with van der Waals surface area (Å²) in [4.78, 5) is 12.2. The van der Waals surface area contributed by atoms with Crippen LogP contribution in [0.4, 0.5) is 0 Å². The molecule has 122 valence electrons. The van der Waals surface area contributed by atoms with E-state index in [0.29, 0.717) is 12.3 Å². The topological polar surface area (TPSA) is 46.9 Å². The van der Waals surface area contributed by atoms with E-state index in [1.165, 1.54) is 25.7 Å². The van der Waals surface area contributed by atoms with Crippen molar-refractivity contribution in [3.8, 4) is 5.69 Å². The Labute approximate surface area is 137 Å². The van der Waals surface area contributed by atoms with E-state index in [9.17, 15) is 4.79 Å². The summed E-state index contributed by atoms with van der Waals surface area (Å²) in [5.74, 6) is 1.46. The molecule has 1 amide bonds. The Balaban J connectivity index is 1.51. The van der Waals surface area contributed by atoms with Crippen molar-refractivity contribution in [3.05, 3.63) is 48.3 Å². The van der Waals surface area contributed by atoms with Crippen molar-refractivity contribution in [2.75, 3.05) is 6.54 Å². The molecule has 1 aliphatic rings. The number of carbonyl (C=O) groups is 1. The lowest BCUT2D eigenvalue weighted by atomic mass is 9.80. The molecular weight excluding hydrogens is 286 g/mol. The second kappa shape index (κ2) is 7.44. The average molecular weight is 311 g/mol. The van der Waals surface area contributed by atoms with Crippen LogP contribution in [0.2, 0.25) is 0 Å². The van der Waals surface area contributed by atoms with Gasteiger partial charge in [0, 0.05) is 12.7 Å². The van der Waals surface area contributed by atoms with Gasteiger partial charge in [0.25, 0.3) is 0 Å². The van der Waals surface area contributed by atoms with Gasteiger partial charge < -0.3 is 5.32 Å². The first kappa shape index (κ1) is 15.8. The van der Waals surface area contributed by atoms with Crippen LogP contribution >= 0.6 is 0 Å². The Hall–Kier alpha value is -2.10. The van der Waals surface area contributed by atoms with Crippen molar-refractivity contribution in [2.24, 2.45) is 11.8 Å². The van der Waals surface area contributed by atoms with Gasteiger partial charge in [0.05, 0.1) is 18.3 Å². The predicted octanol–water partition coefficient (Wildman–Crippen LogP) is 3.36. The van der Waals surface area contributed by atoms with E-state index in [2.05, 4.69) is 17.3 Å². The Bertz CT molecular complexity index is 635. The van der Waals surface area contributed by atoms with Gasteiger partial charge in [-0.2, -0.15) is 5.10 Å². The minimum atomic E-state index is 0.0929. The Morgan fingerprint density at radius 3 is 2.83 bits per heavy atom. The largest absolute Gasteiger partial charge is 0.356 e. The van der Waals surface area contributed by atoms with Crippen LogP contribution in [0.5, 0.6) is 0 Å². The maximum atomic E-state index is 12.2. The van der Waals surface area contributed by atoms with Crippen LogP contribution in [0.25, 0.3) is 5.69 Å². The van der Waals surface area contributed by atoms with Crippen LogP contribution in [-0.4, -0.2) is 22.2 Å². The molecule has 1 fully saturated rings. The third kappa shape index (κ3) is 4.21. The van der Waals surface area contributed by atoms with E-state index in [1.54, 1.807) is 6.20 Å². The van der Waals surface area contributed by atoms with Crippen LogP contribution < -0.4 is 5.32 Å². The molecule has 0 bridgehead atoms. The van der Waals surface area contributed by atoms with Gasteiger partial charge in [0.2, 0.25) is 5.91 Å². The molecule has 0 radical (unpaired) electrons. The highest BCUT2D eigenvalue weighted by molar-refractivity contribution is 5.78. The van der Waals surface area contributed by atoms with Gasteiger partial charge in [0.1, 0.15) is 0 Å². The number of amides is 1. The number of aromatic nitrogens is 2. The summed E-state index contributed by atoms with van der Waals surface area (Å²) < 4.78 is 1.81. The van der Waals surface area contributed by atoms with Gasteiger partial charge in [-0.15, -0.1) is 0 Å². The monoisotopic (exact) mass is 311 g/mol. The van der Waals surface area contributed by atoms with Crippen molar-refractivity contribution in [2.45, 2.75) is 39.0 Å². The van der Waals surface area contributed by atoms with Crippen LogP contribution in [0.1, 0.15) is 38.2 Å². The van der Waals surface area contributed by atoms with Gasteiger partial charge in [-0.05, 0) is 36.0 Å². The number of para-hydroxylation sites is 1. The predicted molar refractivity (Wildman–Crippen MR) is 91.4 cm³/mol. The molecule has 1 heterocycles. The van der Waals surface area contributed by atoms with Crippen molar-refractivity contribution in [3.63, 3.8) is 0 Å². The molecule has 2 aromatic rings. The van der Waals surface area contributed by atoms with Gasteiger partial charge in [-0.3, -0.25) is 4.79 Å². The van der Waals surface area contributed by atoms with E-state index in [4.69, 9.17) is 0 Å². The highest BCUT2D eigenvalue weighted by atomic mass is 16.1. The van der Waals surface area contributed by atoms with Crippen molar-refractivity contribution in [1.82, 2.24) is 15.1 Å². The molecular formula is C19H25N3O. The lowest BCUT2D eigenvalue weighted by Gasteiger charge is -2.28. The average Bonchev–Trinajstić information content (AvgIpc) is 3.03. The molecule has 23 heavy (non-hydrogen) atoms. The van der Waals surface area contributed by atoms with Crippen LogP contribution in [-0.2, 0) is 11.2 Å². The highest BCUT2D eigenvalue weighted by Gasteiger charge is 2.21. The lowest BCUT2D eigenvalue weighted by Crippen LogP contribution is -2.34. The van der Waals surface area contributed by atoms with E-state index in [0.717, 1.165) is 23.7 Å². The standard InChI is InChI=1S/C19H25N3O/c1-15-7-5-6-8-17(15)13-20-19(23)11-16-12-21-22(14-16)18-9-3-2-4-10-18/h2-4,9-10,12,14-15,17H,5-8,11,13H2,1H3,(H,20,23). The molecule has 1 saturated carbocycles. The fourth-order valence-electron chi connectivity index (χ4n) is 3.36. The number of hydrogen-bond acceptors (Lipinski definition) is 2. The molecule has 1 aliphatic carbocycles. The molecule has 0 spiro atoms. The summed E-state index contributed by atoms with van der Waals surface area (Å²) in [5, 5.41) is 7.44. The van der Waals surface area contributed by atoms with Crippen LogP contribution in [0, 0.1) is 11.8 Å². The Morgan fingerprint density at radius 2 is 2.04 bits per heavy atom. The molecule has 1 N–H and O–H groups in total. The number of benzene rings is 1. The van der Waals surface area contributed by atoms with Gasteiger partial charge in [0.15, 0.2) is 0 Å². The molecule has 1 aromatic carbocycles. The first-order valence-electron chi connectivity index (χ1n) is 8.58. The molecule has 1 aromatic heterocycles. The molecule has 3 rings (SSSR count). The van der Waals surface area contributed by atoms with Crippen LogP contribution in [0.3, 0.4) is 0 Å². The zero-order valence-corrected chi connectivity index (χ0v) is 13.7. The molecule has 2 atom stereocenters. The smallest absolute Gasteiger partial charge is 0.224 e. The van der Waals surface area contributed by atoms with Gasteiger partial charge >= 0.3 is 0 Å². The van der Waals surface area contributed by atoms with E-state index < -0.39 is 0 Å². The van der Waals surface area contributed by atoms with Crippen molar-refractivity contribution in [1.29, 1.82) is 0 Å². The number of hydrogen-bond donors (Lipinski definition) is 1. The maximum Gasteiger partial charge on any atom is 0.224 e. The summed E-state index contributed by atoms with van der Waals surface area (Å²) in [6, 6.07) is 9.94. The fraction of sp³-hybridized carbons (Fsp3) is 0.474. The molecule has 0 saturated heterocycles. The minimum absolute atomic E-state index is 0.0929. The van der Waals surface area contributed by atoms with Gasteiger partial charge in [-0.1, -0.05) is 44.4 Å². The summed E-state index contributed by atoms with van der Waals surface area (Å²) in [5.41, 5.74) is 1.96. The third-order valence-corrected chi connectivity index (χ3v) is 4.87. The fourth-order valence-corrected chi connectivity index (χ4v) is 3.36. The number of nitrogens with zero attached hydrogens (tertiary/aromatic N) is 2. The quantitative estimate of drug-likeness (QED) is 0.920. The van der Waals surface area contributed by atoms with E-state index >= 15 is 0 Å². The molecule has 4 nitrogen and oxygen atoms in total. The van der Waals surface area contributed by atoms with Crippen molar-refractivity contribution >= 4 is 5.91 Å².